The number of imidazole rings is 1. The zero-order valence-corrected chi connectivity index (χ0v) is 12.7. The molecule has 0 aliphatic heterocycles. The van der Waals surface area contributed by atoms with Crippen molar-refractivity contribution in [2.75, 3.05) is 12.8 Å². The molecule has 0 atom stereocenters. The van der Waals surface area contributed by atoms with Crippen LogP contribution in [-0.4, -0.2) is 26.6 Å². The van der Waals surface area contributed by atoms with Crippen molar-refractivity contribution in [2.45, 2.75) is 6.54 Å². The summed E-state index contributed by atoms with van der Waals surface area (Å²) in [5, 5.41) is 0.589. The summed E-state index contributed by atoms with van der Waals surface area (Å²) < 4.78 is 8.28. The smallest absolute Gasteiger partial charge is 0.215 e. The Bertz CT molecular complexity index is 975. The van der Waals surface area contributed by atoms with E-state index in [0.29, 0.717) is 17.6 Å². The fraction of sp³-hybridized carbons (Fsp3) is 0.133. The molecule has 7 heteroatoms. The van der Waals surface area contributed by atoms with Crippen LogP contribution in [0.2, 0.25) is 0 Å². The van der Waals surface area contributed by atoms with Crippen molar-refractivity contribution in [3.05, 3.63) is 42.2 Å². The van der Waals surface area contributed by atoms with Gasteiger partial charge in [0.05, 0.1) is 30.2 Å². The van der Waals surface area contributed by atoms with Gasteiger partial charge in [0.1, 0.15) is 5.52 Å². The molecule has 0 unspecified atom stereocenters. The van der Waals surface area contributed by atoms with E-state index in [1.165, 1.54) is 11.3 Å². The van der Waals surface area contributed by atoms with Gasteiger partial charge < -0.3 is 15.0 Å². The molecular weight excluding hydrogens is 298 g/mol. The van der Waals surface area contributed by atoms with Crippen LogP contribution in [0.1, 0.15) is 5.56 Å². The zero-order valence-electron chi connectivity index (χ0n) is 11.9. The number of nitrogen functional groups attached to an aromatic ring is 1. The fourth-order valence-electron chi connectivity index (χ4n) is 2.43. The lowest BCUT2D eigenvalue weighted by Gasteiger charge is -2.05. The van der Waals surface area contributed by atoms with Crippen LogP contribution in [0, 0.1) is 0 Å². The molecule has 22 heavy (non-hydrogen) atoms. The topological polar surface area (TPSA) is 78.8 Å². The molecule has 4 rings (SSSR count). The second kappa shape index (κ2) is 4.96. The molecule has 1 aromatic carbocycles. The van der Waals surface area contributed by atoms with Gasteiger partial charge in [0.25, 0.3) is 0 Å². The van der Waals surface area contributed by atoms with E-state index in [9.17, 15) is 0 Å². The van der Waals surface area contributed by atoms with Gasteiger partial charge in [-0.3, -0.25) is 0 Å². The molecule has 3 aromatic heterocycles. The maximum Gasteiger partial charge on any atom is 0.215 e. The normalized spacial score (nSPS) is 11.3. The van der Waals surface area contributed by atoms with Crippen LogP contribution in [-0.2, 0) is 6.54 Å². The van der Waals surface area contributed by atoms with Crippen LogP contribution >= 0.6 is 11.3 Å². The third-order valence-corrected chi connectivity index (χ3v) is 4.32. The Morgan fingerprint density at radius 1 is 1.18 bits per heavy atom. The lowest BCUT2D eigenvalue weighted by molar-refractivity contribution is 0.399. The third kappa shape index (κ3) is 2.15. The number of hydrogen-bond acceptors (Lipinski definition) is 6. The van der Waals surface area contributed by atoms with Gasteiger partial charge in [-0.25, -0.2) is 9.97 Å². The molecule has 0 fully saturated rings. The Balaban J connectivity index is 1.74. The van der Waals surface area contributed by atoms with Crippen LogP contribution in [0.15, 0.2) is 36.7 Å². The molecule has 0 bridgehead atoms. The van der Waals surface area contributed by atoms with Crippen molar-refractivity contribution in [1.82, 2.24) is 19.5 Å². The summed E-state index contributed by atoms with van der Waals surface area (Å²) in [6.45, 7) is 0.685. The predicted octanol–water partition coefficient (Wildman–Crippen LogP) is 2.68. The van der Waals surface area contributed by atoms with Gasteiger partial charge in [0, 0.05) is 6.07 Å². The molecule has 0 saturated heterocycles. The molecule has 110 valence electrons. The Morgan fingerprint density at radius 2 is 2.05 bits per heavy atom. The Kier molecular flexibility index (Phi) is 2.93. The van der Waals surface area contributed by atoms with Gasteiger partial charge >= 0.3 is 0 Å². The Morgan fingerprint density at radius 3 is 2.91 bits per heavy atom. The SMILES string of the molecule is COc1ccc2ncn(Cc3ccc4nc(N)sc4c3)c2n1. The largest absolute Gasteiger partial charge is 0.481 e. The van der Waals surface area contributed by atoms with Crippen molar-refractivity contribution >= 4 is 37.8 Å². The van der Waals surface area contributed by atoms with Gasteiger partial charge in [-0.15, -0.1) is 0 Å². The number of nitrogens with two attached hydrogens (primary N) is 1. The minimum atomic E-state index is 0.583. The number of nitrogens with zero attached hydrogens (tertiary/aromatic N) is 4. The Hall–Kier alpha value is -2.67. The van der Waals surface area contributed by atoms with Crippen LogP contribution in [0.5, 0.6) is 5.88 Å². The number of hydrogen-bond donors (Lipinski definition) is 1. The number of aromatic nitrogens is 4. The molecule has 0 saturated carbocycles. The van der Waals surface area contributed by atoms with Gasteiger partial charge in [0.15, 0.2) is 10.8 Å². The second-order valence-electron chi connectivity index (χ2n) is 4.92. The summed E-state index contributed by atoms with van der Waals surface area (Å²) in [4.78, 5) is 13.1. The first-order valence-electron chi connectivity index (χ1n) is 6.74. The molecular formula is C15H13N5OS. The van der Waals surface area contributed by atoms with Gasteiger partial charge in [-0.2, -0.15) is 4.98 Å². The molecule has 3 heterocycles. The number of rotatable bonds is 3. The number of thiazole rings is 1. The maximum atomic E-state index is 5.75. The van der Waals surface area contributed by atoms with Crippen LogP contribution in [0.25, 0.3) is 21.4 Å². The molecule has 0 amide bonds. The fourth-order valence-corrected chi connectivity index (χ4v) is 3.23. The monoisotopic (exact) mass is 311 g/mol. The molecule has 0 aliphatic carbocycles. The highest BCUT2D eigenvalue weighted by Gasteiger charge is 2.08. The first kappa shape index (κ1) is 13.0. The molecule has 6 nitrogen and oxygen atoms in total. The first-order valence-corrected chi connectivity index (χ1v) is 7.55. The quantitative estimate of drug-likeness (QED) is 0.629. The third-order valence-electron chi connectivity index (χ3n) is 3.47. The van der Waals surface area contributed by atoms with Crippen LogP contribution in [0.3, 0.4) is 0 Å². The van der Waals surface area contributed by atoms with E-state index < -0.39 is 0 Å². The average Bonchev–Trinajstić information content (AvgIpc) is 3.09. The lowest BCUT2D eigenvalue weighted by Crippen LogP contribution is -1.99. The molecule has 2 N–H and O–H groups in total. The van der Waals surface area contributed by atoms with E-state index in [1.807, 2.05) is 28.8 Å². The summed E-state index contributed by atoms with van der Waals surface area (Å²) in [5.74, 6) is 0.583. The molecule has 4 aromatic rings. The number of pyridine rings is 1. The first-order chi connectivity index (χ1) is 10.7. The van der Waals surface area contributed by atoms with Gasteiger partial charge in [-0.1, -0.05) is 17.4 Å². The van der Waals surface area contributed by atoms with E-state index >= 15 is 0 Å². The van der Waals surface area contributed by atoms with E-state index in [1.54, 1.807) is 13.4 Å². The summed E-state index contributed by atoms with van der Waals surface area (Å²) in [7, 11) is 1.61. The minimum Gasteiger partial charge on any atom is -0.481 e. The van der Waals surface area contributed by atoms with E-state index in [2.05, 4.69) is 21.0 Å². The van der Waals surface area contributed by atoms with Gasteiger partial charge in [0.2, 0.25) is 5.88 Å². The predicted molar refractivity (Wildman–Crippen MR) is 87.2 cm³/mol. The van der Waals surface area contributed by atoms with Crippen molar-refractivity contribution < 1.29 is 4.74 Å². The summed E-state index contributed by atoms with van der Waals surface area (Å²) >= 11 is 1.49. The number of ether oxygens (including phenoxy) is 1. The lowest BCUT2D eigenvalue weighted by atomic mass is 10.2. The van der Waals surface area contributed by atoms with Crippen molar-refractivity contribution in [3.63, 3.8) is 0 Å². The Labute approximate surface area is 130 Å². The molecule has 0 radical (unpaired) electrons. The van der Waals surface area contributed by atoms with E-state index in [-0.39, 0.29) is 0 Å². The van der Waals surface area contributed by atoms with Crippen molar-refractivity contribution in [1.29, 1.82) is 0 Å². The number of anilines is 1. The summed E-state index contributed by atoms with van der Waals surface area (Å²) in [6, 6.07) is 9.87. The van der Waals surface area contributed by atoms with E-state index in [0.717, 1.165) is 26.9 Å². The molecule has 0 spiro atoms. The average molecular weight is 311 g/mol. The number of fused-ring (bicyclic) bond motifs is 2. The summed E-state index contributed by atoms with van der Waals surface area (Å²) in [6.07, 6.45) is 1.79. The van der Waals surface area contributed by atoms with Crippen LogP contribution < -0.4 is 10.5 Å². The number of methoxy groups -OCH3 is 1. The zero-order chi connectivity index (χ0) is 15.1. The maximum absolute atomic E-state index is 5.75. The number of benzene rings is 1. The molecule has 0 aliphatic rings. The van der Waals surface area contributed by atoms with Gasteiger partial charge in [-0.05, 0) is 23.8 Å². The summed E-state index contributed by atoms with van der Waals surface area (Å²) in [5.41, 5.74) is 9.50. The standard InChI is InChI=1S/C15H13N5OS/c1-21-13-5-4-11-14(19-13)20(8-17-11)7-9-2-3-10-12(6-9)22-15(16)18-10/h2-6,8H,7H2,1H3,(H2,16,18). The second-order valence-corrected chi connectivity index (χ2v) is 5.99. The van der Waals surface area contributed by atoms with E-state index in [4.69, 9.17) is 10.5 Å². The highest BCUT2D eigenvalue weighted by atomic mass is 32.1. The van der Waals surface area contributed by atoms with Crippen molar-refractivity contribution in [3.8, 4) is 5.88 Å². The highest BCUT2D eigenvalue weighted by Crippen LogP contribution is 2.25. The minimum absolute atomic E-state index is 0.583. The van der Waals surface area contributed by atoms with Crippen molar-refractivity contribution in [2.24, 2.45) is 0 Å². The van der Waals surface area contributed by atoms with Crippen LogP contribution in [0.4, 0.5) is 5.13 Å². The highest BCUT2D eigenvalue weighted by molar-refractivity contribution is 7.22.